The molecule has 2 aliphatic rings. The maximum absolute atomic E-state index is 6.00. The van der Waals surface area contributed by atoms with E-state index in [2.05, 4.69) is 52.0 Å². The van der Waals surface area contributed by atoms with E-state index in [-0.39, 0.29) is 18.3 Å². The van der Waals surface area contributed by atoms with Crippen molar-refractivity contribution >= 4 is 7.12 Å². The van der Waals surface area contributed by atoms with Crippen LogP contribution in [0, 0.1) is 0 Å². The predicted octanol–water partition coefficient (Wildman–Crippen LogP) is 2.96. The smallest absolute Gasteiger partial charge is 0.403 e. The molecule has 0 bridgehead atoms. The molecule has 0 aromatic rings. The van der Waals surface area contributed by atoms with E-state index >= 15 is 0 Å². The van der Waals surface area contributed by atoms with Gasteiger partial charge in [0.2, 0.25) is 0 Å². The van der Waals surface area contributed by atoms with E-state index < -0.39 is 0 Å². The molecule has 0 N–H and O–H groups in total. The van der Waals surface area contributed by atoms with Gasteiger partial charge in [0.25, 0.3) is 0 Å². The van der Waals surface area contributed by atoms with Crippen molar-refractivity contribution in [2.45, 2.75) is 51.1 Å². The van der Waals surface area contributed by atoms with Crippen LogP contribution in [0.2, 0.25) is 5.82 Å². The summed E-state index contributed by atoms with van der Waals surface area (Å²) in [5, 5.41) is 0. The zero-order chi connectivity index (χ0) is 11.1. The molecule has 0 spiro atoms. The van der Waals surface area contributed by atoms with Gasteiger partial charge < -0.3 is 9.31 Å². The van der Waals surface area contributed by atoms with Gasteiger partial charge in [-0.3, -0.25) is 0 Å². The number of hydrogen-bond donors (Lipinski definition) is 0. The Bertz CT molecular complexity index is 289. The molecule has 0 radical (unpaired) electrons. The highest BCUT2D eigenvalue weighted by molar-refractivity contribution is 6.48. The van der Waals surface area contributed by atoms with Crippen LogP contribution in [0.5, 0.6) is 0 Å². The van der Waals surface area contributed by atoms with E-state index in [1.165, 1.54) is 0 Å². The Morgan fingerprint density at radius 2 is 1.67 bits per heavy atom. The van der Waals surface area contributed by atoms with Crippen LogP contribution in [-0.2, 0) is 9.31 Å². The van der Waals surface area contributed by atoms with E-state index in [1.807, 2.05) is 0 Å². The maximum Gasteiger partial charge on any atom is 0.465 e. The first-order valence-electron chi connectivity index (χ1n) is 5.61. The van der Waals surface area contributed by atoms with Gasteiger partial charge in [0.15, 0.2) is 0 Å². The van der Waals surface area contributed by atoms with Gasteiger partial charge in [0.05, 0.1) is 11.2 Å². The Kier molecular flexibility index (Phi) is 2.56. The fraction of sp³-hybridized carbons (Fsp3) is 0.667. The van der Waals surface area contributed by atoms with Crippen LogP contribution in [0.1, 0.15) is 34.1 Å². The van der Waals surface area contributed by atoms with Crippen molar-refractivity contribution in [3.63, 3.8) is 0 Å². The summed E-state index contributed by atoms with van der Waals surface area (Å²) < 4.78 is 12.0. The molecule has 1 atom stereocenters. The molecule has 3 heteroatoms. The van der Waals surface area contributed by atoms with Crippen LogP contribution in [-0.4, -0.2) is 18.3 Å². The highest BCUT2D eigenvalue weighted by atomic mass is 16.7. The summed E-state index contributed by atoms with van der Waals surface area (Å²) in [6.07, 6.45) is 9.48. The Morgan fingerprint density at radius 1 is 1.07 bits per heavy atom. The van der Waals surface area contributed by atoms with Crippen LogP contribution in [0.15, 0.2) is 24.3 Å². The van der Waals surface area contributed by atoms with Gasteiger partial charge in [0, 0.05) is 5.82 Å². The molecule has 82 valence electrons. The zero-order valence-electron chi connectivity index (χ0n) is 9.99. The third kappa shape index (κ3) is 1.91. The fourth-order valence-electron chi connectivity index (χ4n) is 1.86. The van der Waals surface area contributed by atoms with Crippen LogP contribution >= 0.6 is 0 Å². The second-order valence-corrected chi connectivity index (χ2v) is 5.34. The summed E-state index contributed by atoms with van der Waals surface area (Å²) in [6.45, 7) is 8.37. The summed E-state index contributed by atoms with van der Waals surface area (Å²) in [5.74, 6) is 0.357. The molecule has 0 amide bonds. The second kappa shape index (κ2) is 3.50. The molecule has 0 unspecified atom stereocenters. The first-order chi connectivity index (χ1) is 6.92. The first kappa shape index (κ1) is 11.0. The number of rotatable bonds is 1. The molecule has 1 fully saturated rings. The molecule has 0 aromatic heterocycles. The third-order valence-electron chi connectivity index (χ3n) is 3.63. The van der Waals surface area contributed by atoms with Gasteiger partial charge in [-0.1, -0.05) is 24.3 Å². The molecule has 2 rings (SSSR count). The average Bonchev–Trinajstić information content (AvgIpc) is 2.38. The topological polar surface area (TPSA) is 18.5 Å². The Morgan fingerprint density at radius 3 is 2.13 bits per heavy atom. The minimum atomic E-state index is -0.216. The molecule has 0 aromatic carbocycles. The zero-order valence-corrected chi connectivity index (χ0v) is 9.99. The second-order valence-electron chi connectivity index (χ2n) is 5.34. The minimum Gasteiger partial charge on any atom is -0.403 e. The standard InChI is InChI=1S/C12H19BO2/c1-11(2)12(3,4)15-13(14-11)10-8-6-5-7-9-10/h5-8,10H,9H2,1-4H3/t10-/m1/s1. The predicted molar refractivity (Wildman–Crippen MR) is 62.7 cm³/mol. The lowest BCUT2D eigenvalue weighted by Crippen LogP contribution is -2.41. The molecule has 0 saturated carbocycles. The molecule has 1 aliphatic heterocycles. The lowest BCUT2D eigenvalue weighted by atomic mass is 9.69. The first-order valence-corrected chi connectivity index (χ1v) is 5.61. The van der Waals surface area contributed by atoms with E-state index in [9.17, 15) is 0 Å². The summed E-state index contributed by atoms with van der Waals surface area (Å²) in [5.41, 5.74) is -0.431. The van der Waals surface area contributed by atoms with Crippen molar-refractivity contribution in [1.82, 2.24) is 0 Å². The van der Waals surface area contributed by atoms with Crippen LogP contribution in [0.4, 0.5) is 0 Å². The van der Waals surface area contributed by atoms with Crippen molar-refractivity contribution in [3.05, 3.63) is 24.3 Å². The lowest BCUT2D eigenvalue weighted by molar-refractivity contribution is 0.00578. The van der Waals surface area contributed by atoms with Crippen molar-refractivity contribution in [2.75, 3.05) is 0 Å². The van der Waals surface area contributed by atoms with Crippen molar-refractivity contribution in [2.24, 2.45) is 0 Å². The van der Waals surface area contributed by atoms with Gasteiger partial charge in [-0.2, -0.15) is 0 Å². The largest absolute Gasteiger partial charge is 0.465 e. The molecule has 2 nitrogen and oxygen atoms in total. The summed E-state index contributed by atoms with van der Waals surface area (Å²) in [7, 11) is -0.101. The highest BCUT2D eigenvalue weighted by Crippen LogP contribution is 2.41. The summed E-state index contributed by atoms with van der Waals surface area (Å²) >= 11 is 0. The van der Waals surface area contributed by atoms with Crippen LogP contribution in [0.25, 0.3) is 0 Å². The molecular weight excluding hydrogens is 187 g/mol. The fourth-order valence-corrected chi connectivity index (χ4v) is 1.86. The minimum absolute atomic E-state index is 0.101. The van der Waals surface area contributed by atoms with Gasteiger partial charge in [-0.25, -0.2) is 0 Å². The summed E-state index contributed by atoms with van der Waals surface area (Å²) in [4.78, 5) is 0. The van der Waals surface area contributed by atoms with Gasteiger partial charge in [0.1, 0.15) is 0 Å². The van der Waals surface area contributed by atoms with E-state index in [0.29, 0.717) is 5.82 Å². The van der Waals surface area contributed by atoms with Crippen LogP contribution < -0.4 is 0 Å². The van der Waals surface area contributed by atoms with E-state index in [4.69, 9.17) is 9.31 Å². The molecule has 1 saturated heterocycles. The van der Waals surface area contributed by atoms with E-state index in [1.54, 1.807) is 0 Å². The molecule has 15 heavy (non-hydrogen) atoms. The van der Waals surface area contributed by atoms with E-state index in [0.717, 1.165) is 6.42 Å². The summed E-state index contributed by atoms with van der Waals surface area (Å²) in [6, 6.07) is 0. The van der Waals surface area contributed by atoms with Crippen molar-refractivity contribution in [1.29, 1.82) is 0 Å². The SMILES string of the molecule is CC1(C)OB([C@@H]2C=CC=CC2)OC1(C)C. The number of hydrogen-bond acceptors (Lipinski definition) is 2. The lowest BCUT2D eigenvalue weighted by Gasteiger charge is -2.32. The quantitative estimate of drug-likeness (QED) is 0.614. The maximum atomic E-state index is 6.00. The monoisotopic (exact) mass is 206 g/mol. The molecule has 1 aliphatic carbocycles. The van der Waals surface area contributed by atoms with Gasteiger partial charge in [-0.05, 0) is 34.1 Å². The number of allylic oxidation sites excluding steroid dienone is 4. The highest BCUT2D eigenvalue weighted by Gasteiger charge is 2.52. The Labute approximate surface area is 92.5 Å². The molecular formula is C12H19BO2. The van der Waals surface area contributed by atoms with Gasteiger partial charge >= 0.3 is 7.12 Å². The average molecular weight is 206 g/mol. The van der Waals surface area contributed by atoms with Crippen LogP contribution in [0.3, 0.4) is 0 Å². The molecule has 1 heterocycles. The Hall–Kier alpha value is -0.535. The normalized spacial score (nSPS) is 32.3. The van der Waals surface area contributed by atoms with Crippen molar-refractivity contribution in [3.8, 4) is 0 Å². The third-order valence-corrected chi connectivity index (χ3v) is 3.63. The Balaban J connectivity index is 2.09. The van der Waals surface area contributed by atoms with Crippen molar-refractivity contribution < 1.29 is 9.31 Å². The van der Waals surface area contributed by atoms with Gasteiger partial charge in [-0.15, -0.1) is 0 Å².